The second-order valence-electron chi connectivity index (χ2n) is 5.24. The SMILES string of the molecule is CC(C)OCCC(=O)N(C)C1CCC(N)CC1. The standard InChI is InChI=1S/C13H26N2O2/c1-10(2)17-9-8-13(16)15(3)12-6-4-11(14)5-7-12/h10-12H,4-9,14H2,1-3H3. The largest absolute Gasteiger partial charge is 0.378 e. The lowest BCUT2D eigenvalue weighted by Crippen LogP contribution is -2.42. The first-order valence-corrected chi connectivity index (χ1v) is 6.63. The number of nitrogens with two attached hydrogens (primary N) is 1. The minimum absolute atomic E-state index is 0.186. The Labute approximate surface area is 104 Å². The molecular formula is C13H26N2O2. The Morgan fingerprint density at radius 3 is 2.47 bits per heavy atom. The molecule has 0 bridgehead atoms. The van der Waals surface area contributed by atoms with Crippen LogP contribution < -0.4 is 5.73 Å². The molecule has 0 unspecified atom stereocenters. The lowest BCUT2D eigenvalue weighted by atomic mass is 9.91. The minimum Gasteiger partial charge on any atom is -0.378 e. The van der Waals surface area contributed by atoms with E-state index in [0.29, 0.717) is 25.1 Å². The molecule has 0 spiro atoms. The summed E-state index contributed by atoms with van der Waals surface area (Å²) in [6.07, 6.45) is 4.82. The summed E-state index contributed by atoms with van der Waals surface area (Å²) in [7, 11) is 1.90. The summed E-state index contributed by atoms with van der Waals surface area (Å²) in [6, 6.07) is 0.709. The molecule has 0 aromatic heterocycles. The van der Waals surface area contributed by atoms with E-state index < -0.39 is 0 Å². The first kappa shape index (κ1) is 14.5. The van der Waals surface area contributed by atoms with Gasteiger partial charge in [0.15, 0.2) is 0 Å². The van der Waals surface area contributed by atoms with Crippen molar-refractivity contribution in [2.45, 2.75) is 64.1 Å². The van der Waals surface area contributed by atoms with Crippen molar-refractivity contribution in [3.05, 3.63) is 0 Å². The number of carbonyl (C=O) groups is 1. The van der Waals surface area contributed by atoms with Crippen molar-refractivity contribution in [2.75, 3.05) is 13.7 Å². The van der Waals surface area contributed by atoms with E-state index in [-0.39, 0.29) is 12.0 Å². The second-order valence-corrected chi connectivity index (χ2v) is 5.24. The molecule has 2 N–H and O–H groups in total. The van der Waals surface area contributed by atoms with Crippen LogP contribution in [0.4, 0.5) is 0 Å². The third-order valence-electron chi connectivity index (χ3n) is 3.45. The van der Waals surface area contributed by atoms with Gasteiger partial charge in [0.1, 0.15) is 0 Å². The van der Waals surface area contributed by atoms with Gasteiger partial charge in [-0.3, -0.25) is 4.79 Å². The maximum absolute atomic E-state index is 11.9. The molecule has 0 aromatic rings. The van der Waals surface area contributed by atoms with Crippen LogP contribution in [0.25, 0.3) is 0 Å². The van der Waals surface area contributed by atoms with Crippen LogP contribution in [0.5, 0.6) is 0 Å². The van der Waals surface area contributed by atoms with E-state index in [1.807, 2.05) is 25.8 Å². The summed E-state index contributed by atoms with van der Waals surface area (Å²) in [4.78, 5) is 13.8. The fourth-order valence-electron chi connectivity index (χ4n) is 2.25. The molecule has 0 saturated heterocycles. The minimum atomic E-state index is 0.186. The highest BCUT2D eigenvalue weighted by molar-refractivity contribution is 5.76. The van der Waals surface area contributed by atoms with Crippen LogP contribution in [0.15, 0.2) is 0 Å². The number of hydrogen-bond acceptors (Lipinski definition) is 3. The maximum Gasteiger partial charge on any atom is 0.224 e. The molecule has 0 aliphatic heterocycles. The van der Waals surface area contributed by atoms with Crippen molar-refractivity contribution < 1.29 is 9.53 Å². The van der Waals surface area contributed by atoms with Crippen LogP contribution >= 0.6 is 0 Å². The summed E-state index contributed by atoms with van der Waals surface area (Å²) in [5, 5.41) is 0. The van der Waals surface area contributed by atoms with E-state index in [4.69, 9.17) is 10.5 Å². The zero-order valence-electron chi connectivity index (χ0n) is 11.3. The molecule has 17 heavy (non-hydrogen) atoms. The lowest BCUT2D eigenvalue weighted by molar-refractivity contribution is -0.134. The molecule has 0 radical (unpaired) electrons. The quantitative estimate of drug-likeness (QED) is 0.795. The van der Waals surface area contributed by atoms with Gasteiger partial charge in [0, 0.05) is 19.1 Å². The van der Waals surface area contributed by atoms with Gasteiger partial charge in [-0.15, -0.1) is 0 Å². The highest BCUT2D eigenvalue weighted by Gasteiger charge is 2.24. The molecule has 1 aliphatic rings. The summed E-state index contributed by atoms with van der Waals surface area (Å²) in [6.45, 7) is 4.49. The average molecular weight is 242 g/mol. The molecule has 0 atom stereocenters. The fourth-order valence-corrected chi connectivity index (χ4v) is 2.25. The van der Waals surface area contributed by atoms with Crippen molar-refractivity contribution in [2.24, 2.45) is 5.73 Å². The van der Waals surface area contributed by atoms with E-state index >= 15 is 0 Å². The summed E-state index contributed by atoms with van der Waals surface area (Å²) in [5.74, 6) is 0.186. The normalized spacial score (nSPS) is 25.0. The molecule has 1 fully saturated rings. The van der Waals surface area contributed by atoms with Crippen LogP contribution in [-0.4, -0.2) is 42.6 Å². The van der Waals surface area contributed by atoms with Gasteiger partial charge in [-0.05, 0) is 39.5 Å². The van der Waals surface area contributed by atoms with Crippen molar-refractivity contribution in [1.29, 1.82) is 0 Å². The van der Waals surface area contributed by atoms with Crippen LogP contribution in [0.3, 0.4) is 0 Å². The fraction of sp³-hybridized carbons (Fsp3) is 0.923. The zero-order valence-corrected chi connectivity index (χ0v) is 11.3. The Morgan fingerprint density at radius 1 is 1.35 bits per heavy atom. The zero-order chi connectivity index (χ0) is 12.8. The van der Waals surface area contributed by atoms with Crippen molar-refractivity contribution in [3.63, 3.8) is 0 Å². The van der Waals surface area contributed by atoms with Gasteiger partial charge in [-0.2, -0.15) is 0 Å². The number of rotatable bonds is 5. The molecule has 1 amide bonds. The predicted octanol–water partition coefficient (Wildman–Crippen LogP) is 1.53. The Kier molecular flexibility index (Phi) is 5.92. The average Bonchev–Trinajstić information content (AvgIpc) is 2.28. The van der Waals surface area contributed by atoms with E-state index in [2.05, 4.69) is 0 Å². The van der Waals surface area contributed by atoms with Crippen LogP contribution in [0.1, 0.15) is 46.0 Å². The topological polar surface area (TPSA) is 55.6 Å². The highest BCUT2D eigenvalue weighted by atomic mass is 16.5. The lowest BCUT2D eigenvalue weighted by Gasteiger charge is -2.33. The number of carbonyl (C=O) groups excluding carboxylic acids is 1. The third-order valence-corrected chi connectivity index (χ3v) is 3.45. The van der Waals surface area contributed by atoms with Gasteiger partial charge in [0.05, 0.1) is 19.1 Å². The number of nitrogens with zero attached hydrogens (tertiary/aromatic N) is 1. The van der Waals surface area contributed by atoms with Crippen LogP contribution in [0, 0.1) is 0 Å². The number of hydrogen-bond donors (Lipinski definition) is 1. The van der Waals surface area contributed by atoms with E-state index in [9.17, 15) is 4.79 Å². The smallest absolute Gasteiger partial charge is 0.224 e. The van der Waals surface area contributed by atoms with E-state index in [0.717, 1.165) is 25.7 Å². The first-order valence-electron chi connectivity index (χ1n) is 6.63. The Balaban J connectivity index is 2.26. The molecule has 0 heterocycles. The van der Waals surface area contributed by atoms with Crippen molar-refractivity contribution in [1.82, 2.24) is 4.90 Å². The Morgan fingerprint density at radius 2 is 1.94 bits per heavy atom. The summed E-state index contributed by atoms with van der Waals surface area (Å²) in [5.41, 5.74) is 5.86. The van der Waals surface area contributed by atoms with Gasteiger partial charge in [0.25, 0.3) is 0 Å². The molecule has 0 aromatic carbocycles. The van der Waals surface area contributed by atoms with Crippen LogP contribution in [0.2, 0.25) is 0 Å². The Hall–Kier alpha value is -0.610. The first-order chi connectivity index (χ1) is 8.00. The molecule has 4 nitrogen and oxygen atoms in total. The summed E-state index contributed by atoms with van der Waals surface area (Å²) < 4.78 is 5.40. The second kappa shape index (κ2) is 6.97. The van der Waals surface area contributed by atoms with Crippen molar-refractivity contribution in [3.8, 4) is 0 Å². The molecule has 100 valence electrons. The van der Waals surface area contributed by atoms with E-state index in [1.54, 1.807) is 0 Å². The number of ether oxygens (including phenoxy) is 1. The third kappa shape index (κ3) is 5.04. The number of amides is 1. The predicted molar refractivity (Wildman–Crippen MR) is 68.7 cm³/mol. The van der Waals surface area contributed by atoms with Gasteiger partial charge in [-0.1, -0.05) is 0 Å². The maximum atomic E-state index is 11.9. The van der Waals surface area contributed by atoms with Gasteiger partial charge >= 0.3 is 0 Å². The highest BCUT2D eigenvalue weighted by Crippen LogP contribution is 2.21. The van der Waals surface area contributed by atoms with E-state index in [1.165, 1.54) is 0 Å². The molecule has 4 heteroatoms. The monoisotopic (exact) mass is 242 g/mol. The van der Waals surface area contributed by atoms with Gasteiger partial charge < -0.3 is 15.4 Å². The molecular weight excluding hydrogens is 216 g/mol. The van der Waals surface area contributed by atoms with Gasteiger partial charge in [0.2, 0.25) is 5.91 Å². The summed E-state index contributed by atoms with van der Waals surface area (Å²) >= 11 is 0. The Bertz CT molecular complexity index is 236. The van der Waals surface area contributed by atoms with Crippen LogP contribution in [-0.2, 0) is 9.53 Å². The van der Waals surface area contributed by atoms with Gasteiger partial charge in [-0.25, -0.2) is 0 Å². The molecule has 1 aliphatic carbocycles. The molecule has 1 rings (SSSR count). The molecule has 1 saturated carbocycles. The van der Waals surface area contributed by atoms with Crippen molar-refractivity contribution >= 4 is 5.91 Å².